The van der Waals surface area contributed by atoms with E-state index in [2.05, 4.69) is 12.2 Å². The number of aliphatic carboxylic acids is 1. The second-order valence-electron chi connectivity index (χ2n) is 8.40. The zero-order valence-corrected chi connectivity index (χ0v) is 18.0. The molecule has 2 N–H and O–H groups in total. The number of amides is 2. The Balaban J connectivity index is 0.000000383. The highest BCUT2D eigenvalue weighted by Gasteiger charge is 2.53. The van der Waals surface area contributed by atoms with Crippen molar-refractivity contribution in [1.29, 1.82) is 0 Å². The number of urea groups is 1. The maximum absolute atomic E-state index is 13.9. The van der Waals surface area contributed by atoms with Gasteiger partial charge in [-0.15, -0.1) is 0 Å². The Labute approximate surface area is 188 Å². The van der Waals surface area contributed by atoms with Crippen LogP contribution in [0.5, 0.6) is 0 Å². The summed E-state index contributed by atoms with van der Waals surface area (Å²) in [4.78, 5) is 25.9. The molecule has 33 heavy (non-hydrogen) atoms. The van der Waals surface area contributed by atoms with Crippen LogP contribution in [0.15, 0.2) is 54.6 Å². The number of piperidine rings is 1. The number of nitrogens with two attached hydrogens (primary N) is 1. The lowest BCUT2D eigenvalue weighted by Crippen LogP contribution is -2.93. The molecule has 2 aliphatic rings. The van der Waals surface area contributed by atoms with Crippen LogP contribution in [0.25, 0.3) is 0 Å². The zero-order chi connectivity index (χ0) is 24.2. The molecule has 6 nitrogen and oxygen atoms in total. The van der Waals surface area contributed by atoms with E-state index in [0.29, 0.717) is 24.8 Å². The predicted octanol–water partition coefficient (Wildman–Crippen LogP) is 2.05. The minimum absolute atomic E-state index is 0.0199. The summed E-state index contributed by atoms with van der Waals surface area (Å²) in [5.41, 5.74) is 1.53. The second-order valence-corrected chi connectivity index (χ2v) is 8.40. The lowest BCUT2D eigenvalue weighted by molar-refractivity contribution is -0.696. The van der Waals surface area contributed by atoms with Crippen LogP contribution in [0.2, 0.25) is 0 Å². The van der Waals surface area contributed by atoms with E-state index in [1.54, 1.807) is 6.07 Å². The number of alkyl halides is 3. The molecule has 2 aliphatic heterocycles. The number of benzene rings is 2. The SMILES string of the molecule is CC1CC2(CC[NH2+]1)CN(Cc1ccccc1)C(=O)N2c1cccc(F)c1.O=C([O-])C(F)(F)F. The second kappa shape index (κ2) is 9.78. The van der Waals surface area contributed by atoms with Crippen molar-refractivity contribution in [3.63, 3.8) is 0 Å². The molecule has 1 spiro atoms. The standard InChI is InChI=1S/C21H24FN3O.C2HF3O2/c1-16-13-21(10-11-23-16)15-24(14-17-6-3-2-4-7-17)20(26)25(21)19-9-5-8-18(22)12-19;3-2(4,5)1(6)7/h2-9,12,16,23H,10-11,13-15H2,1H3;(H,6,7). The maximum Gasteiger partial charge on any atom is 0.430 e. The van der Waals surface area contributed by atoms with E-state index in [1.165, 1.54) is 12.1 Å². The van der Waals surface area contributed by atoms with Gasteiger partial charge in [0.05, 0.1) is 18.1 Å². The smallest absolute Gasteiger partial charge is 0.430 e. The summed E-state index contributed by atoms with van der Waals surface area (Å²) in [6.07, 6.45) is -3.36. The summed E-state index contributed by atoms with van der Waals surface area (Å²) in [5.74, 6) is -3.31. The first-order valence-electron chi connectivity index (χ1n) is 10.5. The van der Waals surface area contributed by atoms with Gasteiger partial charge >= 0.3 is 12.2 Å². The molecule has 0 saturated carbocycles. The third-order valence-corrected chi connectivity index (χ3v) is 5.82. The van der Waals surface area contributed by atoms with Gasteiger partial charge in [0.15, 0.2) is 0 Å². The van der Waals surface area contributed by atoms with Gasteiger partial charge in [-0.2, -0.15) is 13.2 Å². The number of halogens is 4. The molecule has 2 aromatic rings. The van der Waals surface area contributed by atoms with Gasteiger partial charge in [-0.3, -0.25) is 4.90 Å². The Morgan fingerprint density at radius 1 is 1.18 bits per heavy atom. The topological polar surface area (TPSA) is 80.3 Å². The summed E-state index contributed by atoms with van der Waals surface area (Å²) >= 11 is 0. The molecule has 2 fully saturated rings. The maximum atomic E-state index is 13.9. The van der Waals surface area contributed by atoms with Crippen LogP contribution >= 0.6 is 0 Å². The average Bonchev–Trinajstić information content (AvgIpc) is 2.98. The Hall–Kier alpha value is -3.14. The molecule has 2 unspecified atom stereocenters. The number of carbonyl (C=O) groups is 2. The van der Waals surface area contributed by atoms with E-state index >= 15 is 0 Å². The first-order valence-corrected chi connectivity index (χ1v) is 10.5. The minimum Gasteiger partial charge on any atom is -0.542 e. The first kappa shape index (κ1) is 24.5. The number of hydrogen-bond acceptors (Lipinski definition) is 3. The van der Waals surface area contributed by atoms with Crippen molar-refractivity contribution in [3.8, 4) is 0 Å². The van der Waals surface area contributed by atoms with Gasteiger partial charge < -0.3 is 20.1 Å². The Bertz CT molecular complexity index is 986. The average molecular weight is 467 g/mol. The highest BCUT2D eigenvalue weighted by Crippen LogP contribution is 2.39. The summed E-state index contributed by atoms with van der Waals surface area (Å²) in [5, 5.41) is 11.1. The quantitative estimate of drug-likeness (QED) is 0.702. The van der Waals surface area contributed by atoms with E-state index in [1.807, 2.05) is 46.2 Å². The fraction of sp³-hybridized carbons (Fsp3) is 0.391. The minimum atomic E-state index is -5.19. The highest BCUT2D eigenvalue weighted by atomic mass is 19.4. The molecular formula is C23H25F4N3O3. The van der Waals surface area contributed by atoms with E-state index < -0.39 is 12.1 Å². The van der Waals surface area contributed by atoms with E-state index in [-0.39, 0.29) is 17.4 Å². The van der Waals surface area contributed by atoms with Gasteiger partial charge in [0.1, 0.15) is 11.8 Å². The number of anilines is 1. The van der Waals surface area contributed by atoms with Crippen LogP contribution in [0.3, 0.4) is 0 Å². The van der Waals surface area contributed by atoms with Crippen LogP contribution in [0, 0.1) is 5.82 Å². The molecule has 0 aliphatic carbocycles. The molecule has 0 aromatic heterocycles. The Kier molecular flexibility index (Phi) is 7.26. The van der Waals surface area contributed by atoms with Crippen LogP contribution < -0.4 is 15.3 Å². The molecule has 0 radical (unpaired) electrons. The number of hydrogen-bond donors (Lipinski definition) is 1. The largest absolute Gasteiger partial charge is 0.542 e. The summed E-state index contributed by atoms with van der Waals surface area (Å²) in [6.45, 7) is 4.47. The summed E-state index contributed by atoms with van der Waals surface area (Å²) in [7, 11) is 0. The molecule has 0 bridgehead atoms. The molecule has 10 heteroatoms. The summed E-state index contributed by atoms with van der Waals surface area (Å²) in [6, 6.07) is 16.9. The normalized spacial score (nSPS) is 22.8. The number of carboxylic acids is 1. The van der Waals surface area contributed by atoms with Crippen molar-refractivity contribution >= 4 is 17.7 Å². The number of quaternary nitrogens is 1. The molecule has 4 rings (SSSR count). The van der Waals surface area contributed by atoms with Crippen molar-refractivity contribution in [2.45, 2.75) is 44.1 Å². The van der Waals surface area contributed by atoms with Crippen LogP contribution in [0.1, 0.15) is 25.3 Å². The fourth-order valence-corrected chi connectivity index (χ4v) is 4.53. The van der Waals surface area contributed by atoms with Crippen molar-refractivity contribution in [2.24, 2.45) is 0 Å². The molecule has 2 aromatic carbocycles. The Morgan fingerprint density at radius 2 is 1.85 bits per heavy atom. The van der Waals surface area contributed by atoms with Gasteiger partial charge in [-0.25, -0.2) is 9.18 Å². The van der Waals surface area contributed by atoms with E-state index in [0.717, 1.165) is 24.9 Å². The van der Waals surface area contributed by atoms with E-state index in [9.17, 15) is 22.4 Å². The van der Waals surface area contributed by atoms with Gasteiger partial charge in [0.25, 0.3) is 0 Å². The molecule has 178 valence electrons. The molecule has 2 amide bonds. The predicted molar refractivity (Wildman–Crippen MR) is 110 cm³/mol. The van der Waals surface area contributed by atoms with E-state index in [4.69, 9.17) is 9.90 Å². The van der Waals surface area contributed by atoms with Gasteiger partial charge in [-0.05, 0) is 30.7 Å². The van der Waals surface area contributed by atoms with Crippen LogP contribution in [-0.2, 0) is 11.3 Å². The highest BCUT2D eigenvalue weighted by molar-refractivity contribution is 5.96. The zero-order valence-electron chi connectivity index (χ0n) is 18.0. The molecular weight excluding hydrogens is 442 g/mol. The molecule has 2 saturated heterocycles. The van der Waals surface area contributed by atoms with Crippen molar-refractivity contribution < 1.29 is 37.6 Å². The van der Waals surface area contributed by atoms with Gasteiger partial charge in [0, 0.05) is 31.6 Å². The monoisotopic (exact) mass is 467 g/mol. The fourth-order valence-electron chi connectivity index (χ4n) is 4.53. The lowest BCUT2D eigenvalue weighted by Gasteiger charge is -2.41. The summed E-state index contributed by atoms with van der Waals surface area (Å²) < 4.78 is 45.4. The number of rotatable bonds is 3. The number of carbonyl (C=O) groups excluding carboxylic acids is 2. The van der Waals surface area contributed by atoms with Gasteiger partial charge in [0.2, 0.25) is 0 Å². The molecule has 2 heterocycles. The van der Waals surface area contributed by atoms with Crippen LogP contribution in [0.4, 0.5) is 28.0 Å². The van der Waals surface area contributed by atoms with Crippen molar-refractivity contribution in [2.75, 3.05) is 18.0 Å². The number of carboxylic acid groups (broad SMARTS) is 1. The molecule has 2 atom stereocenters. The van der Waals surface area contributed by atoms with Crippen molar-refractivity contribution in [1.82, 2.24) is 4.90 Å². The van der Waals surface area contributed by atoms with Crippen LogP contribution in [-0.4, -0.2) is 47.7 Å². The third-order valence-electron chi connectivity index (χ3n) is 5.82. The van der Waals surface area contributed by atoms with Crippen molar-refractivity contribution in [3.05, 3.63) is 66.0 Å². The Morgan fingerprint density at radius 3 is 2.42 bits per heavy atom. The first-order chi connectivity index (χ1) is 15.5. The number of nitrogens with zero attached hydrogens (tertiary/aromatic N) is 2. The third kappa shape index (κ3) is 5.81. The van der Waals surface area contributed by atoms with Gasteiger partial charge in [-0.1, -0.05) is 36.4 Å². The lowest BCUT2D eigenvalue weighted by atomic mass is 9.83.